The minimum atomic E-state index is -1.52. The quantitative estimate of drug-likeness (QED) is 0.601. The van der Waals surface area contributed by atoms with Gasteiger partial charge in [0.2, 0.25) is 0 Å². The van der Waals surface area contributed by atoms with Crippen LogP contribution in [-0.4, -0.2) is 24.1 Å². The Hall–Kier alpha value is -1.67. The first-order valence-electron chi connectivity index (χ1n) is 4.71. The summed E-state index contributed by atoms with van der Waals surface area (Å²) in [6, 6.07) is 1.10. The molecule has 1 N–H and O–H groups in total. The van der Waals surface area contributed by atoms with Crippen LogP contribution in [0.4, 0.5) is 4.39 Å². The second kappa shape index (κ2) is 4.45. The van der Waals surface area contributed by atoms with Crippen LogP contribution in [0.3, 0.4) is 0 Å². The summed E-state index contributed by atoms with van der Waals surface area (Å²) in [7, 11) is -1.52. The summed E-state index contributed by atoms with van der Waals surface area (Å²) in [5.74, 6) is 0.583. The van der Waals surface area contributed by atoms with Gasteiger partial charge in [0.1, 0.15) is 8.07 Å². The van der Waals surface area contributed by atoms with Gasteiger partial charge in [-0.15, -0.1) is 5.54 Å². The van der Waals surface area contributed by atoms with Gasteiger partial charge in [0.25, 0.3) is 0 Å². The molecule has 0 aliphatic heterocycles. The SMILES string of the molecule is C[Si](C)(C)C#Cc1cnc(C(=O)O)c(F)c1. The van der Waals surface area contributed by atoms with E-state index in [0.717, 1.165) is 6.07 Å². The Morgan fingerprint density at radius 3 is 2.56 bits per heavy atom. The lowest BCUT2D eigenvalue weighted by atomic mass is 10.2. The Morgan fingerprint density at radius 1 is 1.50 bits per heavy atom. The number of carbonyl (C=O) groups is 1. The van der Waals surface area contributed by atoms with Crippen molar-refractivity contribution < 1.29 is 14.3 Å². The molecule has 0 spiro atoms. The molecule has 0 aliphatic rings. The number of rotatable bonds is 1. The van der Waals surface area contributed by atoms with E-state index in [2.05, 4.69) is 36.1 Å². The van der Waals surface area contributed by atoms with Gasteiger partial charge in [0, 0.05) is 11.8 Å². The number of hydrogen-bond donors (Lipinski definition) is 1. The van der Waals surface area contributed by atoms with Crippen LogP contribution in [0.25, 0.3) is 0 Å². The Bertz CT molecular complexity index is 483. The van der Waals surface area contributed by atoms with E-state index in [0.29, 0.717) is 5.56 Å². The summed E-state index contributed by atoms with van der Waals surface area (Å²) in [6.07, 6.45) is 1.28. The summed E-state index contributed by atoms with van der Waals surface area (Å²) in [5, 5.41) is 8.58. The number of pyridine rings is 1. The summed E-state index contributed by atoms with van der Waals surface area (Å²) >= 11 is 0. The first kappa shape index (κ1) is 12.4. The second-order valence-electron chi connectivity index (χ2n) is 4.36. The highest BCUT2D eigenvalue weighted by Crippen LogP contribution is 2.07. The van der Waals surface area contributed by atoms with E-state index in [4.69, 9.17) is 5.11 Å². The fourth-order valence-electron chi connectivity index (χ4n) is 0.923. The van der Waals surface area contributed by atoms with Gasteiger partial charge in [-0.2, -0.15) is 0 Å². The predicted octanol–water partition coefficient (Wildman–Crippen LogP) is 2.15. The van der Waals surface area contributed by atoms with Crippen molar-refractivity contribution in [3.63, 3.8) is 0 Å². The lowest BCUT2D eigenvalue weighted by Crippen LogP contribution is -2.16. The number of aromatic nitrogens is 1. The molecule has 0 atom stereocenters. The number of nitrogens with zero attached hydrogens (tertiary/aromatic N) is 1. The molecule has 1 aromatic heterocycles. The van der Waals surface area contributed by atoms with Crippen molar-refractivity contribution in [1.82, 2.24) is 4.98 Å². The van der Waals surface area contributed by atoms with E-state index in [1.165, 1.54) is 6.20 Å². The zero-order valence-corrected chi connectivity index (χ0v) is 10.3. The van der Waals surface area contributed by atoms with E-state index in [1.54, 1.807) is 0 Å². The van der Waals surface area contributed by atoms with Gasteiger partial charge in [-0.3, -0.25) is 0 Å². The van der Waals surface area contributed by atoms with E-state index in [-0.39, 0.29) is 0 Å². The Morgan fingerprint density at radius 2 is 2.12 bits per heavy atom. The normalized spacial score (nSPS) is 10.5. The molecule has 1 aromatic rings. The molecule has 0 fully saturated rings. The molecule has 0 aliphatic carbocycles. The van der Waals surface area contributed by atoms with Gasteiger partial charge in [-0.05, 0) is 6.07 Å². The molecule has 84 valence electrons. The minimum absolute atomic E-state index is 0.407. The molecule has 0 aromatic carbocycles. The average molecular weight is 237 g/mol. The smallest absolute Gasteiger partial charge is 0.357 e. The third-order valence-electron chi connectivity index (χ3n) is 1.63. The summed E-state index contributed by atoms with van der Waals surface area (Å²) in [4.78, 5) is 14.0. The van der Waals surface area contributed by atoms with Gasteiger partial charge in [-0.25, -0.2) is 14.2 Å². The number of carboxylic acids is 1. The zero-order chi connectivity index (χ0) is 12.3. The maximum atomic E-state index is 13.2. The Labute approximate surface area is 94.3 Å². The maximum Gasteiger partial charge on any atom is 0.357 e. The van der Waals surface area contributed by atoms with Crippen molar-refractivity contribution in [1.29, 1.82) is 0 Å². The van der Waals surface area contributed by atoms with Crippen LogP contribution in [0.2, 0.25) is 19.6 Å². The molecule has 0 saturated heterocycles. The van der Waals surface area contributed by atoms with Crippen molar-refractivity contribution in [2.75, 3.05) is 0 Å². The van der Waals surface area contributed by atoms with Crippen molar-refractivity contribution in [3.8, 4) is 11.5 Å². The highest BCUT2D eigenvalue weighted by Gasteiger charge is 2.12. The summed E-state index contributed by atoms with van der Waals surface area (Å²) in [6.45, 7) is 6.19. The number of hydrogen-bond acceptors (Lipinski definition) is 2. The average Bonchev–Trinajstić information content (AvgIpc) is 2.13. The predicted molar refractivity (Wildman–Crippen MR) is 61.4 cm³/mol. The van der Waals surface area contributed by atoms with Crippen molar-refractivity contribution in [2.24, 2.45) is 0 Å². The first-order chi connectivity index (χ1) is 7.29. The third-order valence-corrected chi connectivity index (χ3v) is 2.50. The molecule has 3 nitrogen and oxygen atoms in total. The van der Waals surface area contributed by atoms with Crippen LogP contribution in [0.1, 0.15) is 16.1 Å². The number of aromatic carboxylic acids is 1. The number of carboxylic acid groups (broad SMARTS) is 1. The highest BCUT2D eigenvalue weighted by molar-refractivity contribution is 6.83. The molecule has 1 heterocycles. The van der Waals surface area contributed by atoms with Crippen LogP contribution in [0.5, 0.6) is 0 Å². The van der Waals surface area contributed by atoms with Crippen LogP contribution < -0.4 is 0 Å². The molecule has 16 heavy (non-hydrogen) atoms. The topological polar surface area (TPSA) is 50.2 Å². The lowest BCUT2D eigenvalue weighted by Gasteiger charge is -2.03. The second-order valence-corrected chi connectivity index (χ2v) is 9.11. The molecule has 0 saturated carbocycles. The molecule has 5 heteroatoms. The van der Waals surface area contributed by atoms with Gasteiger partial charge in [0.15, 0.2) is 11.5 Å². The largest absolute Gasteiger partial charge is 0.476 e. The third kappa shape index (κ3) is 3.48. The molecule has 0 amide bonds. The molecule has 0 bridgehead atoms. The summed E-state index contributed by atoms with van der Waals surface area (Å²) < 4.78 is 13.2. The van der Waals surface area contributed by atoms with E-state index in [1.807, 2.05) is 0 Å². The fraction of sp³-hybridized carbons (Fsp3) is 0.273. The molecule has 1 rings (SSSR count). The van der Waals surface area contributed by atoms with Crippen molar-refractivity contribution >= 4 is 14.0 Å². The van der Waals surface area contributed by atoms with Crippen LogP contribution in [0, 0.1) is 17.3 Å². The first-order valence-corrected chi connectivity index (χ1v) is 8.21. The molecule has 0 unspecified atom stereocenters. The molecular weight excluding hydrogens is 225 g/mol. The van der Waals surface area contributed by atoms with E-state index in [9.17, 15) is 9.18 Å². The minimum Gasteiger partial charge on any atom is -0.476 e. The van der Waals surface area contributed by atoms with E-state index < -0.39 is 25.6 Å². The van der Waals surface area contributed by atoms with Gasteiger partial charge >= 0.3 is 5.97 Å². The highest BCUT2D eigenvalue weighted by atomic mass is 28.3. The summed E-state index contributed by atoms with van der Waals surface area (Å²) in [5.41, 5.74) is 2.89. The number of halogens is 1. The lowest BCUT2D eigenvalue weighted by molar-refractivity contribution is 0.0685. The monoisotopic (exact) mass is 237 g/mol. The Balaban J connectivity index is 3.06. The molecule has 0 radical (unpaired) electrons. The van der Waals surface area contributed by atoms with Crippen molar-refractivity contribution in [3.05, 3.63) is 29.3 Å². The van der Waals surface area contributed by atoms with Gasteiger partial charge in [-0.1, -0.05) is 25.6 Å². The maximum absolute atomic E-state index is 13.2. The van der Waals surface area contributed by atoms with Crippen molar-refractivity contribution in [2.45, 2.75) is 19.6 Å². The van der Waals surface area contributed by atoms with Gasteiger partial charge < -0.3 is 5.11 Å². The molecular formula is C11H12FNO2Si. The van der Waals surface area contributed by atoms with Crippen LogP contribution >= 0.6 is 0 Å². The van der Waals surface area contributed by atoms with Crippen LogP contribution in [0.15, 0.2) is 12.3 Å². The fourth-order valence-corrected chi connectivity index (χ4v) is 1.44. The standard InChI is InChI=1S/C11H12FNO2Si/c1-16(2,3)5-4-8-6-9(12)10(11(14)15)13-7-8/h6-7H,1-3H3,(H,14,15). The van der Waals surface area contributed by atoms with Crippen LogP contribution in [-0.2, 0) is 0 Å². The van der Waals surface area contributed by atoms with Gasteiger partial charge in [0.05, 0.1) is 0 Å². The van der Waals surface area contributed by atoms with E-state index >= 15 is 0 Å². The zero-order valence-electron chi connectivity index (χ0n) is 9.34. The Kier molecular flexibility index (Phi) is 3.45.